The van der Waals surface area contributed by atoms with E-state index in [1.165, 1.54) is 0 Å². The van der Waals surface area contributed by atoms with Crippen molar-refractivity contribution in [1.29, 1.82) is 0 Å². The topological polar surface area (TPSA) is 140 Å². The van der Waals surface area contributed by atoms with Crippen LogP contribution in [0, 0.1) is 0 Å². The molecule has 0 atom stereocenters. The molecule has 9 nitrogen and oxygen atoms in total. The number of hydrogen-bond donors (Lipinski definition) is 4. The number of aliphatic carboxylic acids is 1. The minimum absolute atomic E-state index is 0.179. The number of carbonyl (C=O) groups is 1. The summed E-state index contributed by atoms with van der Waals surface area (Å²) in [6.07, 6.45) is -5.08. The zero-order valence-electron chi connectivity index (χ0n) is 14.9. The lowest BCUT2D eigenvalue weighted by Gasteiger charge is -2.27. The summed E-state index contributed by atoms with van der Waals surface area (Å²) in [5, 5.41) is 11.2. The molecule has 3 rings (SSSR count). The molecular formula is C16H21F3N6O3. The molecule has 0 radical (unpaired) electrons. The third-order valence-corrected chi connectivity index (χ3v) is 3.85. The molecule has 28 heavy (non-hydrogen) atoms. The Kier molecular flexibility index (Phi) is 7.18. The molecule has 12 heteroatoms. The number of carboxylic acids is 1. The largest absolute Gasteiger partial charge is 0.491 e. The lowest BCUT2D eigenvalue weighted by Crippen LogP contribution is -2.44. The van der Waals surface area contributed by atoms with E-state index < -0.39 is 12.1 Å². The number of halogens is 3. The average molecular weight is 402 g/mol. The van der Waals surface area contributed by atoms with Gasteiger partial charge in [-0.1, -0.05) is 6.07 Å². The van der Waals surface area contributed by atoms with E-state index in [-0.39, 0.29) is 5.95 Å². The van der Waals surface area contributed by atoms with E-state index in [2.05, 4.69) is 20.2 Å². The second-order valence-electron chi connectivity index (χ2n) is 5.86. The third-order valence-electron chi connectivity index (χ3n) is 3.85. The molecule has 0 spiro atoms. The molecule has 2 aromatic rings. The van der Waals surface area contributed by atoms with E-state index in [0.29, 0.717) is 23.7 Å². The average Bonchev–Trinajstić information content (AvgIpc) is 2.62. The molecule has 0 amide bonds. The first-order chi connectivity index (χ1) is 13.2. The number of piperazine rings is 1. The van der Waals surface area contributed by atoms with Gasteiger partial charge in [0.2, 0.25) is 5.95 Å². The fourth-order valence-corrected chi connectivity index (χ4v) is 2.54. The number of ether oxygens (including phenoxy) is 1. The van der Waals surface area contributed by atoms with E-state index in [1.54, 1.807) is 0 Å². The first kappa shape index (κ1) is 21.4. The number of carboxylic acid groups (broad SMARTS) is 1. The van der Waals surface area contributed by atoms with Crippen molar-refractivity contribution >= 4 is 28.6 Å². The van der Waals surface area contributed by atoms with Gasteiger partial charge in [0.05, 0.1) is 10.9 Å². The number of hydrogen-bond acceptors (Lipinski definition) is 8. The number of nitrogen functional groups attached to an aromatic ring is 2. The summed E-state index contributed by atoms with van der Waals surface area (Å²) < 4.78 is 37.6. The first-order valence-electron chi connectivity index (χ1n) is 8.36. The van der Waals surface area contributed by atoms with Crippen molar-refractivity contribution in [3.8, 4) is 5.75 Å². The molecule has 0 unspecified atom stereocenters. The molecule has 0 saturated carbocycles. The van der Waals surface area contributed by atoms with Crippen LogP contribution >= 0.6 is 0 Å². The van der Waals surface area contributed by atoms with Crippen LogP contribution < -0.4 is 21.5 Å². The number of fused-ring (bicyclic) bond motifs is 1. The Morgan fingerprint density at radius 3 is 2.50 bits per heavy atom. The van der Waals surface area contributed by atoms with Gasteiger partial charge in [0.15, 0.2) is 0 Å². The van der Waals surface area contributed by atoms with Gasteiger partial charge in [0.25, 0.3) is 0 Å². The number of anilines is 2. The molecule has 1 aliphatic rings. The van der Waals surface area contributed by atoms with Crippen LogP contribution in [0.4, 0.5) is 24.9 Å². The maximum absolute atomic E-state index is 10.6. The Balaban J connectivity index is 0.000000345. The van der Waals surface area contributed by atoms with Crippen LogP contribution in [0.15, 0.2) is 18.2 Å². The van der Waals surface area contributed by atoms with Crippen LogP contribution in [-0.2, 0) is 4.79 Å². The molecule has 1 fully saturated rings. The predicted molar refractivity (Wildman–Crippen MR) is 96.9 cm³/mol. The quantitative estimate of drug-likeness (QED) is 0.582. The van der Waals surface area contributed by atoms with Gasteiger partial charge in [-0.25, -0.2) is 9.78 Å². The summed E-state index contributed by atoms with van der Waals surface area (Å²) in [6.45, 7) is 5.70. The van der Waals surface area contributed by atoms with Crippen molar-refractivity contribution in [3.05, 3.63) is 18.2 Å². The molecule has 2 heterocycles. The van der Waals surface area contributed by atoms with Crippen LogP contribution in [0.5, 0.6) is 5.75 Å². The minimum atomic E-state index is -5.08. The molecular weight excluding hydrogens is 381 g/mol. The fraction of sp³-hybridized carbons (Fsp3) is 0.438. The normalized spacial score (nSPS) is 15.0. The van der Waals surface area contributed by atoms with Gasteiger partial charge in [-0.3, -0.25) is 4.90 Å². The van der Waals surface area contributed by atoms with Crippen LogP contribution in [-0.4, -0.2) is 71.5 Å². The summed E-state index contributed by atoms with van der Waals surface area (Å²) in [5.41, 5.74) is 12.3. The van der Waals surface area contributed by atoms with Gasteiger partial charge in [0.1, 0.15) is 18.2 Å². The first-order valence-corrected chi connectivity index (χ1v) is 8.36. The number of alkyl halides is 3. The molecule has 0 bridgehead atoms. The van der Waals surface area contributed by atoms with Crippen molar-refractivity contribution in [2.45, 2.75) is 6.18 Å². The SMILES string of the molecule is Nc1nc(N)c2c(OCCN3CCNCC3)cccc2n1.O=C(O)C(F)(F)F. The zero-order valence-corrected chi connectivity index (χ0v) is 14.9. The summed E-state index contributed by atoms with van der Waals surface area (Å²) in [5.74, 6) is -1.51. The van der Waals surface area contributed by atoms with Gasteiger partial charge in [-0.2, -0.15) is 18.2 Å². The highest BCUT2D eigenvalue weighted by Gasteiger charge is 2.38. The third kappa shape index (κ3) is 6.09. The molecule has 1 aromatic heterocycles. The molecule has 6 N–H and O–H groups in total. The van der Waals surface area contributed by atoms with E-state index in [1.807, 2.05) is 18.2 Å². The van der Waals surface area contributed by atoms with Crippen molar-refractivity contribution < 1.29 is 27.8 Å². The fourth-order valence-electron chi connectivity index (χ4n) is 2.54. The second-order valence-corrected chi connectivity index (χ2v) is 5.86. The Morgan fingerprint density at radius 1 is 1.25 bits per heavy atom. The Morgan fingerprint density at radius 2 is 1.89 bits per heavy atom. The molecule has 1 aromatic carbocycles. The standard InChI is InChI=1S/C14H20N6O.C2HF3O2/c15-13-12-10(18-14(16)19-13)2-1-3-11(12)21-9-8-20-6-4-17-5-7-20;3-2(4,5)1(6)7/h1-3,17H,4-9H2,(H4,15,16,18,19);(H,6,7). The van der Waals surface area contributed by atoms with E-state index in [4.69, 9.17) is 26.1 Å². The maximum atomic E-state index is 10.6. The van der Waals surface area contributed by atoms with E-state index in [9.17, 15) is 13.2 Å². The lowest BCUT2D eigenvalue weighted by molar-refractivity contribution is -0.192. The number of aromatic nitrogens is 2. The highest BCUT2D eigenvalue weighted by Crippen LogP contribution is 2.28. The van der Waals surface area contributed by atoms with Gasteiger partial charge < -0.3 is 26.6 Å². The summed E-state index contributed by atoms with van der Waals surface area (Å²) in [7, 11) is 0. The van der Waals surface area contributed by atoms with Gasteiger partial charge in [-0.05, 0) is 12.1 Å². The van der Waals surface area contributed by atoms with Crippen molar-refractivity contribution in [1.82, 2.24) is 20.2 Å². The Bertz CT molecular complexity index is 812. The Labute approximate surface area is 158 Å². The second kappa shape index (κ2) is 9.37. The number of nitrogens with zero attached hydrogens (tertiary/aromatic N) is 3. The van der Waals surface area contributed by atoms with Crippen LogP contribution in [0.1, 0.15) is 0 Å². The number of rotatable bonds is 4. The van der Waals surface area contributed by atoms with Crippen LogP contribution in [0.2, 0.25) is 0 Å². The number of nitrogens with one attached hydrogen (secondary N) is 1. The van der Waals surface area contributed by atoms with E-state index in [0.717, 1.165) is 38.1 Å². The monoisotopic (exact) mass is 402 g/mol. The molecule has 0 aliphatic carbocycles. The van der Waals surface area contributed by atoms with Crippen molar-refractivity contribution in [2.75, 3.05) is 50.8 Å². The van der Waals surface area contributed by atoms with Gasteiger partial charge >= 0.3 is 12.1 Å². The summed E-state index contributed by atoms with van der Waals surface area (Å²) >= 11 is 0. The van der Waals surface area contributed by atoms with Gasteiger partial charge in [-0.15, -0.1) is 0 Å². The Hall–Kier alpha value is -2.86. The van der Waals surface area contributed by atoms with Crippen molar-refractivity contribution in [3.63, 3.8) is 0 Å². The van der Waals surface area contributed by atoms with Gasteiger partial charge in [0, 0.05) is 32.7 Å². The zero-order chi connectivity index (χ0) is 20.7. The predicted octanol–water partition coefficient (Wildman–Crippen LogP) is 0.712. The lowest BCUT2D eigenvalue weighted by atomic mass is 10.2. The minimum Gasteiger partial charge on any atom is -0.491 e. The molecule has 154 valence electrons. The molecule has 1 saturated heterocycles. The number of benzene rings is 1. The summed E-state index contributed by atoms with van der Waals surface area (Å²) in [6, 6.07) is 5.62. The summed E-state index contributed by atoms with van der Waals surface area (Å²) in [4.78, 5) is 19.5. The highest BCUT2D eigenvalue weighted by atomic mass is 19.4. The number of nitrogens with two attached hydrogens (primary N) is 2. The van der Waals surface area contributed by atoms with Crippen molar-refractivity contribution in [2.24, 2.45) is 0 Å². The molecule has 1 aliphatic heterocycles. The smallest absolute Gasteiger partial charge is 0.490 e. The highest BCUT2D eigenvalue weighted by molar-refractivity contribution is 5.94. The van der Waals surface area contributed by atoms with Crippen LogP contribution in [0.25, 0.3) is 10.9 Å². The van der Waals surface area contributed by atoms with Crippen LogP contribution in [0.3, 0.4) is 0 Å². The van der Waals surface area contributed by atoms with E-state index >= 15 is 0 Å². The maximum Gasteiger partial charge on any atom is 0.490 e.